The Morgan fingerprint density at radius 2 is 2.28 bits per heavy atom. The highest BCUT2D eigenvalue weighted by molar-refractivity contribution is 8.00. The number of nitrogens with zero attached hydrogens (tertiary/aromatic N) is 1. The van der Waals surface area contributed by atoms with E-state index in [-0.39, 0.29) is 0 Å². The molecule has 0 amide bonds. The second-order valence-corrected chi connectivity index (χ2v) is 7.25. The van der Waals surface area contributed by atoms with Crippen molar-refractivity contribution in [3.63, 3.8) is 0 Å². The van der Waals surface area contributed by atoms with Gasteiger partial charge < -0.3 is 5.32 Å². The van der Waals surface area contributed by atoms with E-state index in [4.69, 9.17) is 0 Å². The van der Waals surface area contributed by atoms with Gasteiger partial charge in [-0.2, -0.15) is 23.1 Å². The van der Waals surface area contributed by atoms with Gasteiger partial charge in [-0.25, -0.2) is 0 Å². The van der Waals surface area contributed by atoms with Gasteiger partial charge >= 0.3 is 0 Å². The van der Waals surface area contributed by atoms with Crippen LogP contribution in [0.1, 0.15) is 19.4 Å². The van der Waals surface area contributed by atoms with Crippen LogP contribution >= 0.6 is 23.1 Å². The molecule has 1 aromatic heterocycles. The molecule has 0 radical (unpaired) electrons. The summed E-state index contributed by atoms with van der Waals surface area (Å²) in [5.74, 6) is 1.29. The molecular formula is C14H24N2S2. The van der Waals surface area contributed by atoms with Gasteiger partial charge in [0.1, 0.15) is 0 Å². The average molecular weight is 284 g/mol. The van der Waals surface area contributed by atoms with E-state index in [9.17, 15) is 0 Å². The first-order chi connectivity index (χ1) is 8.77. The summed E-state index contributed by atoms with van der Waals surface area (Å²) in [7, 11) is 0. The molecule has 2 nitrogen and oxygen atoms in total. The molecule has 1 N–H and O–H groups in total. The van der Waals surface area contributed by atoms with Crippen LogP contribution in [0.25, 0.3) is 0 Å². The molecule has 0 bridgehead atoms. The van der Waals surface area contributed by atoms with E-state index < -0.39 is 0 Å². The smallest absolute Gasteiger partial charge is 0.0184 e. The Kier molecular flexibility index (Phi) is 6.02. The third-order valence-corrected chi connectivity index (χ3v) is 5.83. The lowest BCUT2D eigenvalue weighted by Gasteiger charge is -2.37. The lowest BCUT2D eigenvalue weighted by atomic mass is 10.2. The van der Waals surface area contributed by atoms with Crippen LogP contribution in [0.3, 0.4) is 0 Å². The Morgan fingerprint density at radius 3 is 3.06 bits per heavy atom. The van der Waals surface area contributed by atoms with Crippen LogP contribution in [0.4, 0.5) is 0 Å². The van der Waals surface area contributed by atoms with Gasteiger partial charge in [0.2, 0.25) is 0 Å². The van der Waals surface area contributed by atoms with Crippen LogP contribution in [0, 0.1) is 0 Å². The summed E-state index contributed by atoms with van der Waals surface area (Å²) in [5, 5.41) is 8.74. The fourth-order valence-electron chi connectivity index (χ4n) is 2.33. The maximum atomic E-state index is 3.56. The first kappa shape index (κ1) is 14.4. The third-order valence-electron chi connectivity index (χ3n) is 3.76. The molecule has 0 spiro atoms. The monoisotopic (exact) mass is 284 g/mol. The largest absolute Gasteiger partial charge is 0.315 e. The van der Waals surface area contributed by atoms with Crippen molar-refractivity contribution in [3.8, 4) is 0 Å². The Labute approximate surface area is 119 Å². The predicted octanol–water partition coefficient (Wildman–Crippen LogP) is 2.71. The first-order valence-corrected chi connectivity index (χ1v) is 8.84. The molecule has 1 saturated heterocycles. The number of rotatable bonds is 6. The molecule has 18 heavy (non-hydrogen) atoms. The molecule has 0 aliphatic carbocycles. The van der Waals surface area contributed by atoms with Gasteiger partial charge in [-0.05, 0) is 42.3 Å². The second-order valence-electron chi connectivity index (χ2n) is 4.98. The predicted molar refractivity (Wildman–Crippen MR) is 83.8 cm³/mol. The maximum Gasteiger partial charge on any atom is 0.0184 e. The fraction of sp³-hybridized carbons (Fsp3) is 0.714. The molecule has 1 aliphatic heterocycles. The van der Waals surface area contributed by atoms with E-state index in [0.717, 1.165) is 30.8 Å². The second kappa shape index (κ2) is 7.53. The minimum atomic E-state index is 0.724. The molecule has 0 aromatic carbocycles. The first-order valence-electron chi connectivity index (χ1n) is 6.85. The van der Waals surface area contributed by atoms with Gasteiger partial charge in [-0.1, -0.05) is 6.92 Å². The van der Waals surface area contributed by atoms with E-state index in [1.165, 1.54) is 24.4 Å². The maximum absolute atomic E-state index is 3.56. The standard InChI is InChI=1S/C14H24N2S2/c1-12-13(2)18-10-8-16(12)7-6-15-5-3-14-4-9-17-11-14/h4,9,11-13,15H,3,5-8,10H2,1-2H3. The molecule has 1 aliphatic rings. The SMILES string of the molecule is CC1SCCN(CCNCCc2ccsc2)C1C. The van der Waals surface area contributed by atoms with Crippen LogP contribution in [-0.4, -0.2) is 48.1 Å². The number of hydrogen-bond acceptors (Lipinski definition) is 4. The number of hydrogen-bond donors (Lipinski definition) is 1. The molecule has 2 rings (SSSR count). The van der Waals surface area contributed by atoms with Crippen LogP contribution in [-0.2, 0) is 6.42 Å². The number of thioether (sulfide) groups is 1. The van der Waals surface area contributed by atoms with Crippen LogP contribution in [0.15, 0.2) is 16.8 Å². The summed E-state index contributed by atoms with van der Waals surface area (Å²) in [6, 6.07) is 2.94. The molecule has 1 fully saturated rings. The van der Waals surface area contributed by atoms with Gasteiger partial charge in [0, 0.05) is 36.7 Å². The highest BCUT2D eigenvalue weighted by Gasteiger charge is 2.24. The van der Waals surface area contributed by atoms with Crippen molar-refractivity contribution in [2.24, 2.45) is 0 Å². The lowest BCUT2D eigenvalue weighted by molar-refractivity contribution is 0.214. The van der Waals surface area contributed by atoms with Crippen molar-refractivity contribution in [1.82, 2.24) is 10.2 Å². The summed E-state index contributed by atoms with van der Waals surface area (Å²) in [6.07, 6.45) is 1.16. The summed E-state index contributed by atoms with van der Waals surface area (Å²) in [5.41, 5.74) is 1.46. The highest BCUT2D eigenvalue weighted by atomic mass is 32.2. The summed E-state index contributed by atoms with van der Waals surface area (Å²) in [6.45, 7) is 9.38. The molecule has 2 heterocycles. The normalized spacial score (nSPS) is 25.4. The van der Waals surface area contributed by atoms with Gasteiger partial charge in [-0.15, -0.1) is 0 Å². The van der Waals surface area contributed by atoms with Crippen molar-refractivity contribution in [3.05, 3.63) is 22.4 Å². The highest BCUT2D eigenvalue weighted by Crippen LogP contribution is 2.23. The number of thiophene rings is 1. The zero-order valence-electron chi connectivity index (χ0n) is 11.4. The Morgan fingerprint density at radius 1 is 1.39 bits per heavy atom. The van der Waals surface area contributed by atoms with Crippen LogP contribution < -0.4 is 5.32 Å². The summed E-state index contributed by atoms with van der Waals surface area (Å²) < 4.78 is 0. The van der Waals surface area contributed by atoms with Crippen molar-refractivity contribution >= 4 is 23.1 Å². The summed E-state index contributed by atoms with van der Waals surface area (Å²) in [4.78, 5) is 2.62. The molecule has 0 saturated carbocycles. The van der Waals surface area contributed by atoms with Crippen molar-refractivity contribution in [2.75, 3.05) is 31.9 Å². The average Bonchev–Trinajstić information content (AvgIpc) is 2.87. The topological polar surface area (TPSA) is 15.3 Å². The number of nitrogens with one attached hydrogen (secondary N) is 1. The zero-order chi connectivity index (χ0) is 12.8. The molecule has 1 aromatic rings. The van der Waals surface area contributed by atoms with Crippen molar-refractivity contribution in [1.29, 1.82) is 0 Å². The molecule has 4 heteroatoms. The van der Waals surface area contributed by atoms with Crippen molar-refractivity contribution in [2.45, 2.75) is 31.6 Å². The van der Waals surface area contributed by atoms with E-state index in [2.05, 4.69) is 52.7 Å². The van der Waals surface area contributed by atoms with E-state index in [1.807, 2.05) is 0 Å². The lowest BCUT2D eigenvalue weighted by Crippen LogP contribution is -2.47. The molecule has 2 unspecified atom stereocenters. The van der Waals surface area contributed by atoms with E-state index in [1.54, 1.807) is 11.3 Å². The van der Waals surface area contributed by atoms with Gasteiger partial charge in [0.05, 0.1) is 0 Å². The van der Waals surface area contributed by atoms with Gasteiger partial charge in [-0.3, -0.25) is 4.90 Å². The van der Waals surface area contributed by atoms with Crippen LogP contribution in [0.2, 0.25) is 0 Å². The quantitative estimate of drug-likeness (QED) is 0.809. The Bertz CT molecular complexity index is 327. The Hall–Kier alpha value is -0.0300. The molecule has 2 atom stereocenters. The van der Waals surface area contributed by atoms with Gasteiger partial charge in [0.15, 0.2) is 0 Å². The van der Waals surface area contributed by atoms with E-state index in [0.29, 0.717) is 0 Å². The minimum absolute atomic E-state index is 0.724. The van der Waals surface area contributed by atoms with Gasteiger partial charge in [0.25, 0.3) is 0 Å². The molecule has 102 valence electrons. The van der Waals surface area contributed by atoms with Crippen molar-refractivity contribution < 1.29 is 0 Å². The molecular weight excluding hydrogens is 260 g/mol. The van der Waals surface area contributed by atoms with Crippen LogP contribution in [0.5, 0.6) is 0 Å². The minimum Gasteiger partial charge on any atom is -0.315 e. The van der Waals surface area contributed by atoms with E-state index >= 15 is 0 Å². The fourth-order valence-corrected chi connectivity index (χ4v) is 4.19. The summed E-state index contributed by atoms with van der Waals surface area (Å²) >= 11 is 3.90. The third kappa shape index (κ3) is 4.26. The zero-order valence-corrected chi connectivity index (χ0v) is 13.0. The Balaban J connectivity index is 1.57.